The number of benzene rings is 1. The minimum Gasteiger partial charge on any atom is -0.423 e. The van der Waals surface area contributed by atoms with E-state index in [1.54, 1.807) is 53.6 Å². The molecule has 0 fully saturated rings. The van der Waals surface area contributed by atoms with Gasteiger partial charge in [-0.2, -0.15) is 0 Å². The van der Waals surface area contributed by atoms with E-state index >= 15 is 0 Å². The van der Waals surface area contributed by atoms with Crippen LogP contribution in [-0.2, 0) is 0 Å². The zero-order chi connectivity index (χ0) is 17.1. The van der Waals surface area contributed by atoms with E-state index in [-0.39, 0.29) is 5.91 Å². The maximum absolute atomic E-state index is 12.4. The van der Waals surface area contributed by atoms with E-state index in [4.69, 9.17) is 4.42 Å². The van der Waals surface area contributed by atoms with Gasteiger partial charge in [0.25, 0.3) is 5.91 Å². The van der Waals surface area contributed by atoms with Gasteiger partial charge in [-0.1, -0.05) is 6.07 Å². The summed E-state index contributed by atoms with van der Waals surface area (Å²) in [5.74, 6) is 0.822. The van der Waals surface area contributed by atoms with Crippen LogP contribution in [0.25, 0.3) is 17.3 Å². The third kappa shape index (κ3) is 3.13. The molecule has 1 N–H and O–H groups in total. The second kappa shape index (κ2) is 6.36. The smallest absolute Gasteiger partial charge is 0.257 e. The van der Waals surface area contributed by atoms with Gasteiger partial charge in [-0.3, -0.25) is 9.36 Å². The third-order valence-corrected chi connectivity index (χ3v) is 3.51. The summed E-state index contributed by atoms with van der Waals surface area (Å²) in [6.45, 7) is 0. The average Bonchev–Trinajstić information content (AvgIpc) is 3.36. The number of carbonyl (C=O) groups is 1. The molecule has 1 aromatic carbocycles. The van der Waals surface area contributed by atoms with Crippen molar-refractivity contribution in [3.63, 3.8) is 0 Å². The fourth-order valence-electron chi connectivity index (χ4n) is 2.30. The zero-order valence-corrected chi connectivity index (χ0v) is 12.9. The van der Waals surface area contributed by atoms with E-state index in [1.165, 1.54) is 12.6 Å². The van der Waals surface area contributed by atoms with Crippen LogP contribution in [0, 0.1) is 0 Å². The summed E-state index contributed by atoms with van der Waals surface area (Å²) in [7, 11) is 0. The van der Waals surface area contributed by atoms with E-state index in [0.29, 0.717) is 23.0 Å². The third-order valence-electron chi connectivity index (χ3n) is 3.51. The molecule has 122 valence electrons. The quantitative estimate of drug-likeness (QED) is 0.616. The molecule has 0 unspecified atom stereocenters. The van der Waals surface area contributed by atoms with Gasteiger partial charge < -0.3 is 9.73 Å². The van der Waals surface area contributed by atoms with E-state index < -0.39 is 0 Å². The van der Waals surface area contributed by atoms with Crippen molar-refractivity contribution in [3.05, 3.63) is 73.3 Å². The highest BCUT2D eigenvalue weighted by atomic mass is 16.4. The van der Waals surface area contributed by atoms with Crippen molar-refractivity contribution in [2.24, 2.45) is 0 Å². The number of nitrogens with zero attached hydrogens (tertiary/aromatic N) is 5. The van der Waals surface area contributed by atoms with Crippen molar-refractivity contribution in [2.45, 2.75) is 0 Å². The van der Waals surface area contributed by atoms with Gasteiger partial charge >= 0.3 is 0 Å². The summed E-state index contributed by atoms with van der Waals surface area (Å²) < 4.78 is 6.92. The standard InChI is InChI=1S/C17H12N6O2/c24-16(13-4-5-15(19-9-13)23-7-6-18-10-23)21-14-3-1-2-12(8-14)17-22-20-11-25-17/h1-11H,(H,21,24). The van der Waals surface area contributed by atoms with E-state index in [1.807, 2.05) is 6.07 Å². The first-order valence-corrected chi connectivity index (χ1v) is 7.42. The van der Waals surface area contributed by atoms with Crippen molar-refractivity contribution in [1.82, 2.24) is 24.7 Å². The van der Waals surface area contributed by atoms with Crippen LogP contribution in [0.4, 0.5) is 5.69 Å². The number of anilines is 1. The van der Waals surface area contributed by atoms with Crippen LogP contribution < -0.4 is 5.32 Å². The average molecular weight is 332 g/mol. The highest BCUT2D eigenvalue weighted by Crippen LogP contribution is 2.20. The molecule has 0 saturated carbocycles. The van der Waals surface area contributed by atoms with Crippen molar-refractivity contribution in [1.29, 1.82) is 0 Å². The van der Waals surface area contributed by atoms with Gasteiger partial charge in [0.1, 0.15) is 12.1 Å². The number of carbonyl (C=O) groups excluding carboxylic acids is 1. The molecule has 0 aliphatic carbocycles. The minimum absolute atomic E-state index is 0.257. The Bertz CT molecular complexity index is 978. The van der Waals surface area contributed by atoms with Crippen molar-refractivity contribution >= 4 is 11.6 Å². The number of rotatable bonds is 4. The molecule has 0 spiro atoms. The molecule has 1 amide bonds. The minimum atomic E-state index is -0.257. The Balaban J connectivity index is 1.51. The molecule has 3 aromatic heterocycles. The number of hydrogen-bond donors (Lipinski definition) is 1. The van der Waals surface area contributed by atoms with Gasteiger partial charge in [-0.15, -0.1) is 10.2 Å². The summed E-state index contributed by atoms with van der Waals surface area (Å²) in [6, 6.07) is 10.6. The molecular weight excluding hydrogens is 320 g/mol. The van der Waals surface area contributed by atoms with Crippen molar-refractivity contribution in [3.8, 4) is 17.3 Å². The maximum atomic E-state index is 12.4. The van der Waals surface area contributed by atoms with Crippen LogP contribution >= 0.6 is 0 Å². The molecule has 0 aliphatic rings. The molecule has 3 heterocycles. The molecule has 0 bridgehead atoms. The number of amides is 1. The Morgan fingerprint density at radius 3 is 2.88 bits per heavy atom. The fraction of sp³-hybridized carbons (Fsp3) is 0. The number of aromatic nitrogens is 5. The van der Waals surface area contributed by atoms with Gasteiger partial charge in [0, 0.05) is 29.8 Å². The molecule has 8 heteroatoms. The molecule has 4 aromatic rings. The molecule has 8 nitrogen and oxygen atoms in total. The molecule has 0 saturated heterocycles. The van der Waals surface area contributed by atoms with Crippen LogP contribution in [0.15, 0.2) is 72.1 Å². The lowest BCUT2D eigenvalue weighted by atomic mass is 10.2. The Kier molecular flexibility index (Phi) is 3.76. The van der Waals surface area contributed by atoms with Crippen LogP contribution in [-0.4, -0.2) is 30.6 Å². The fourth-order valence-corrected chi connectivity index (χ4v) is 2.30. The monoisotopic (exact) mass is 332 g/mol. The number of imidazole rings is 1. The first-order valence-electron chi connectivity index (χ1n) is 7.42. The second-order valence-electron chi connectivity index (χ2n) is 5.15. The SMILES string of the molecule is O=C(Nc1cccc(-c2nnco2)c1)c1ccc(-n2ccnc2)nc1. The Labute approximate surface area is 142 Å². The van der Waals surface area contributed by atoms with E-state index in [0.717, 1.165) is 5.56 Å². The number of nitrogens with one attached hydrogen (secondary N) is 1. The maximum Gasteiger partial charge on any atom is 0.257 e. The van der Waals surface area contributed by atoms with Crippen molar-refractivity contribution in [2.75, 3.05) is 5.32 Å². The number of hydrogen-bond acceptors (Lipinski definition) is 6. The van der Waals surface area contributed by atoms with Crippen LogP contribution in [0.3, 0.4) is 0 Å². The molecule has 0 radical (unpaired) electrons. The predicted molar refractivity (Wildman–Crippen MR) is 89.0 cm³/mol. The van der Waals surface area contributed by atoms with E-state index in [9.17, 15) is 4.79 Å². The number of pyridine rings is 1. The Morgan fingerprint density at radius 2 is 2.16 bits per heavy atom. The van der Waals surface area contributed by atoms with Gasteiger partial charge in [0.05, 0.1) is 5.56 Å². The molecular formula is C17H12N6O2. The lowest BCUT2D eigenvalue weighted by Crippen LogP contribution is -2.12. The largest absolute Gasteiger partial charge is 0.423 e. The topological polar surface area (TPSA) is 98.7 Å². The van der Waals surface area contributed by atoms with Gasteiger partial charge in [0.2, 0.25) is 12.3 Å². The summed E-state index contributed by atoms with van der Waals surface area (Å²) in [5, 5.41) is 10.3. The van der Waals surface area contributed by atoms with Crippen LogP contribution in [0.5, 0.6) is 0 Å². The summed E-state index contributed by atoms with van der Waals surface area (Å²) in [4.78, 5) is 20.6. The molecule has 0 aliphatic heterocycles. The molecule has 0 atom stereocenters. The molecule has 25 heavy (non-hydrogen) atoms. The highest BCUT2D eigenvalue weighted by Gasteiger charge is 2.09. The van der Waals surface area contributed by atoms with Crippen LogP contribution in [0.1, 0.15) is 10.4 Å². The highest BCUT2D eigenvalue weighted by molar-refractivity contribution is 6.04. The van der Waals surface area contributed by atoms with Gasteiger partial charge in [-0.25, -0.2) is 9.97 Å². The summed E-state index contributed by atoms with van der Waals surface area (Å²) in [6.07, 6.45) is 7.87. The first-order chi connectivity index (χ1) is 12.3. The normalized spacial score (nSPS) is 10.6. The summed E-state index contributed by atoms with van der Waals surface area (Å²) in [5.41, 5.74) is 1.80. The van der Waals surface area contributed by atoms with Gasteiger partial charge in [0.15, 0.2) is 0 Å². The lowest BCUT2D eigenvalue weighted by Gasteiger charge is -2.07. The van der Waals surface area contributed by atoms with Gasteiger partial charge in [-0.05, 0) is 30.3 Å². The first kappa shape index (κ1) is 14.8. The zero-order valence-electron chi connectivity index (χ0n) is 12.9. The lowest BCUT2D eigenvalue weighted by molar-refractivity contribution is 0.102. The Morgan fingerprint density at radius 1 is 1.20 bits per heavy atom. The van der Waals surface area contributed by atoms with Crippen molar-refractivity contribution < 1.29 is 9.21 Å². The second-order valence-corrected chi connectivity index (χ2v) is 5.15. The van der Waals surface area contributed by atoms with Crippen LogP contribution in [0.2, 0.25) is 0 Å². The van der Waals surface area contributed by atoms with E-state index in [2.05, 4.69) is 25.5 Å². The molecule has 4 rings (SSSR count). The predicted octanol–water partition coefficient (Wildman–Crippen LogP) is 2.57. The Hall–Kier alpha value is -3.81. The summed E-state index contributed by atoms with van der Waals surface area (Å²) >= 11 is 0.